The first-order valence-corrected chi connectivity index (χ1v) is 13.5. The molecule has 34 heavy (non-hydrogen) atoms. The number of halogens is 2. The minimum atomic E-state index is -3.80. The number of carbonyl (C=O) groups is 2. The van der Waals surface area contributed by atoms with Crippen LogP contribution >= 0.6 is 23.2 Å². The molecule has 0 heterocycles. The van der Waals surface area contributed by atoms with Crippen LogP contribution in [0.5, 0.6) is 0 Å². The fraction of sp³-hybridized carbons (Fsp3) is 0.417. The molecule has 7 nitrogen and oxygen atoms in total. The summed E-state index contributed by atoms with van der Waals surface area (Å²) in [6, 6.07) is 10.9. The van der Waals surface area contributed by atoms with E-state index in [1.54, 1.807) is 56.3 Å². The molecule has 2 aromatic rings. The van der Waals surface area contributed by atoms with E-state index in [2.05, 4.69) is 5.32 Å². The van der Waals surface area contributed by atoms with Crippen LogP contribution in [0.2, 0.25) is 10.0 Å². The minimum Gasteiger partial charge on any atom is -0.352 e. The number of carbonyl (C=O) groups excluding carboxylic acids is 2. The summed E-state index contributed by atoms with van der Waals surface area (Å²) >= 11 is 12.7. The Labute approximate surface area is 212 Å². The minimum absolute atomic E-state index is 0.0489. The first-order chi connectivity index (χ1) is 15.9. The zero-order valence-corrected chi connectivity index (χ0v) is 22.3. The molecule has 0 saturated carbocycles. The lowest BCUT2D eigenvalue weighted by atomic mass is 10.1. The zero-order valence-electron chi connectivity index (χ0n) is 20.0. The zero-order chi connectivity index (χ0) is 25.6. The van der Waals surface area contributed by atoms with E-state index in [1.807, 2.05) is 13.8 Å². The molecule has 0 fully saturated rings. The number of amides is 2. The number of hydrogen-bond acceptors (Lipinski definition) is 4. The number of rotatable bonds is 10. The molecular formula is C24H31Cl2N3O4S. The van der Waals surface area contributed by atoms with Crippen molar-refractivity contribution in [1.82, 2.24) is 10.2 Å². The molecule has 0 aliphatic rings. The summed E-state index contributed by atoms with van der Waals surface area (Å²) in [5.41, 5.74) is 1.58. The van der Waals surface area contributed by atoms with Gasteiger partial charge in [0.05, 0.1) is 11.9 Å². The number of hydrogen-bond donors (Lipinski definition) is 1. The Balaban J connectivity index is 2.52. The second kappa shape index (κ2) is 11.9. The first kappa shape index (κ1) is 28.0. The van der Waals surface area contributed by atoms with Crippen LogP contribution in [0.4, 0.5) is 5.69 Å². The first-order valence-electron chi connectivity index (χ1n) is 10.9. The van der Waals surface area contributed by atoms with Crippen molar-refractivity contribution in [3.05, 3.63) is 63.6 Å². The Bertz CT molecular complexity index is 1120. The largest absolute Gasteiger partial charge is 0.352 e. The highest BCUT2D eigenvalue weighted by molar-refractivity contribution is 7.92. The number of nitrogens with zero attached hydrogens (tertiary/aromatic N) is 2. The van der Waals surface area contributed by atoms with Gasteiger partial charge in [0, 0.05) is 28.2 Å². The van der Waals surface area contributed by atoms with E-state index in [9.17, 15) is 18.0 Å². The van der Waals surface area contributed by atoms with Gasteiger partial charge in [0.25, 0.3) is 0 Å². The van der Waals surface area contributed by atoms with Gasteiger partial charge in [-0.25, -0.2) is 8.42 Å². The third-order valence-corrected chi connectivity index (χ3v) is 7.11. The normalized spacial score (nSPS) is 12.4. The molecular weight excluding hydrogens is 497 g/mol. The van der Waals surface area contributed by atoms with Gasteiger partial charge in [-0.2, -0.15) is 0 Å². The van der Waals surface area contributed by atoms with Crippen molar-refractivity contribution in [2.24, 2.45) is 0 Å². The van der Waals surface area contributed by atoms with Crippen LogP contribution in [0, 0.1) is 6.92 Å². The van der Waals surface area contributed by atoms with Crippen molar-refractivity contribution >= 4 is 50.7 Å². The lowest BCUT2D eigenvalue weighted by Crippen LogP contribution is -2.53. The van der Waals surface area contributed by atoms with Crippen molar-refractivity contribution in [3.8, 4) is 0 Å². The van der Waals surface area contributed by atoms with Crippen LogP contribution in [0.25, 0.3) is 0 Å². The fourth-order valence-electron chi connectivity index (χ4n) is 3.59. The molecule has 2 aromatic carbocycles. The summed E-state index contributed by atoms with van der Waals surface area (Å²) in [6.07, 6.45) is 1.36. The monoisotopic (exact) mass is 527 g/mol. The Hall–Kier alpha value is -2.29. The molecule has 0 spiro atoms. The predicted octanol–water partition coefficient (Wildman–Crippen LogP) is 4.40. The summed E-state index contributed by atoms with van der Waals surface area (Å²) in [5, 5.41) is 3.54. The maximum absolute atomic E-state index is 13.7. The number of benzene rings is 2. The van der Waals surface area contributed by atoms with Crippen molar-refractivity contribution in [3.63, 3.8) is 0 Å². The second-order valence-electron chi connectivity index (χ2n) is 8.37. The average Bonchev–Trinajstić information content (AvgIpc) is 2.73. The summed E-state index contributed by atoms with van der Waals surface area (Å²) in [4.78, 5) is 28.0. The van der Waals surface area contributed by atoms with Gasteiger partial charge >= 0.3 is 0 Å². The van der Waals surface area contributed by atoms with Crippen molar-refractivity contribution in [2.45, 2.75) is 52.7 Å². The van der Waals surface area contributed by atoms with Crippen LogP contribution < -0.4 is 9.62 Å². The molecule has 0 radical (unpaired) electrons. The summed E-state index contributed by atoms with van der Waals surface area (Å²) in [5.74, 6) is -0.883. The summed E-state index contributed by atoms with van der Waals surface area (Å²) in [6.45, 7) is 6.68. The lowest BCUT2D eigenvalue weighted by molar-refractivity contribution is -0.140. The highest BCUT2D eigenvalue weighted by atomic mass is 35.5. The Morgan fingerprint density at radius 3 is 2.12 bits per heavy atom. The van der Waals surface area contributed by atoms with Gasteiger partial charge in [-0.05, 0) is 51.0 Å². The number of aryl methyl sites for hydroxylation is 1. The fourth-order valence-corrected chi connectivity index (χ4v) is 5.02. The SMILES string of the molecule is CCC(C(=O)NC(C)C)N(Cc1c(Cl)cccc1Cl)C(=O)CN(c1ccccc1C)S(C)(=O)=O. The van der Waals surface area contributed by atoms with Crippen molar-refractivity contribution in [1.29, 1.82) is 0 Å². The van der Waals surface area contributed by atoms with Crippen LogP contribution in [-0.4, -0.2) is 50.0 Å². The third kappa shape index (κ3) is 7.10. The topological polar surface area (TPSA) is 86.8 Å². The smallest absolute Gasteiger partial charge is 0.244 e. The average molecular weight is 529 g/mol. The Morgan fingerprint density at radius 1 is 1.03 bits per heavy atom. The second-order valence-corrected chi connectivity index (χ2v) is 11.1. The van der Waals surface area contributed by atoms with E-state index in [1.165, 1.54) is 4.90 Å². The van der Waals surface area contributed by atoms with Crippen molar-refractivity contribution < 1.29 is 18.0 Å². The van der Waals surface area contributed by atoms with Gasteiger partial charge in [0.1, 0.15) is 12.6 Å². The number of anilines is 1. The van der Waals surface area contributed by atoms with E-state index in [4.69, 9.17) is 23.2 Å². The molecule has 0 aliphatic heterocycles. The number of para-hydroxylation sites is 1. The quantitative estimate of drug-likeness (QED) is 0.495. The van der Waals surface area contributed by atoms with E-state index in [0.717, 1.165) is 10.6 Å². The van der Waals surface area contributed by atoms with Crippen molar-refractivity contribution in [2.75, 3.05) is 17.1 Å². The van der Waals surface area contributed by atoms with Gasteiger partial charge in [-0.15, -0.1) is 0 Å². The highest BCUT2D eigenvalue weighted by Gasteiger charge is 2.33. The van der Waals surface area contributed by atoms with E-state index in [-0.39, 0.29) is 18.5 Å². The summed E-state index contributed by atoms with van der Waals surface area (Å²) in [7, 11) is -3.80. The maximum atomic E-state index is 13.7. The molecule has 0 aromatic heterocycles. The number of nitrogens with one attached hydrogen (secondary N) is 1. The Kier molecular flexibility index (Phi) is 9.79. The van der Waals surface area contributed by atoms with Gasteiger partial charge in [0.15, 0.2) is 0 Å². The molecule has 2 amide bonds. The standard InChI is InChI=1S/C24H31Cl2N3O4S/c1-6-21(24(31)27-16(2)3)28(14-18-19(25)11-9-12-20(18)26)23(30)15-29(34(5,32)33)22-13-8-7-10-17(22)4/h7-13,16,21H,6,14-15H2,1-5H3,(H,27,31). The Morgan fingerprint density at radius 2 is 1.62 bits per heavy atom. The third-order valence-electron chi connectivity index (χ3n) is 5.27. The predicted molar refractivity (Wildman–Crippen MR) is 138 cm³/mol. The van der Waals surface area contributed by atoms with Gasteiger partial charge in [0.2, 0.25) is 21.8 Å². The van der Waals surface area contributed by atoms with Gasteiger partial charge < -0.3 is 10.2 Å². The molecule has 0 aliphatic carbocycles. The van der Waals surface area contributed by atoms with E-state index in [0.29, 0.717) is 33.3 Å². The van der Waals surface area contributed by atoms with Gasteiger partial charge in [-0.1, -0.05) is 54.4 Å². The van der Waals surface area contributed by atoms with Crippen LogP contribution in [-0.2, 0) is 26.2 Å². The molecule has 1 unspecified atom stereocenters. The van der Waals surface area contributed by atoms with E-state index < -0.39 is 28.5 Å². The van der Waals surface area contributed by atoms with Crippen LogP contribution in [0.15, 0.2) is 42.5 Å². The summed E-state index contributed by atoms with van der Waals surface area (Å²) < 4.78 is 26.4. The molecule has 0 saturated heterocycles. The molecule has 1 atom stereocenters. The number of sulfonamides is 1. The molecule has 186 valence electrons. The molecule has 10 heteroatoms. The lowest BCUT2D eigenvalue weighted by Gasteiger charge is -2.33. The maximum Gasteiger partial charge on any atom is 0.244 e. The van der Waals surface area contributed by atoms with Crippen LogP contribution in [0.3, 0.4) is 0 Å². The molecule has 0 bridgehead atoms. The highest BCUT2D eigenvalue weighted by Crippen LogP contribution is 2.28. The molecule has 2 rings (SSSR count). The van der Waals surface area contributed by atoms with E-state index >= 15 is 0 Å². The van der Waals surface area contributed by atoms with Crippen LogP contribution in [0.1, 0.15) is 38.3 Å². The van der Waals surface area contributed by atoms with Gasteiger partial charge in [-0.3, -0.25) is 13.9 Å². The molecule has 1 N–H and O–H groups in total.